The Morgan fingerprint density at radius 3 is 2.44 bits per heavy atom. The molecule has 0 amide bonds. The van der Waals surface area contributed by atoms with Gasteiger partial charge in [0.15, 0.2) is 0 Å². The van der Waals surface area contributed by atoms with Gasteiger partial charge in [0.05, 0.1) is 0 Å². The second-order valence-electron chi connectivity index (χ2n) is 2.67. The largest absolute Gasteiger partial charge is 0.313 e. The SMILES string of the molecule is CNN=C(C)CC(C)C. The second kappa shape index (κ2) is 4.36. The maximum absolute atomic E-state index is 4.03. The summed E-state index contributed by atoms with van der Waals surface area (Å²) in [6.07, 6.45) is 1.08. The number of rotatable bonds is 3. The summed E-state index contributed by atoms with van der Waals surface area (Å²) in [4.78, 5) is 0. The van der Waals surface area contributed by atoms with E-state index in [9.17, 15) is 0 Å². The van der Waals surface area contributed by atoms with Crippen LogP contribution in [0.3, 0.4) is 0 Å². The van der Waals surface area contributed by atoms with E-state index in [1.807, 2.05) is 14.0 Å². The molecular formula is C7H16N2. The Kier molecular flexibility index (Phi) is 4.10. The first-order chi connectivity index (χ1) is 4.16. The van der Waals surface area contributed by atoms with E-state index in [4.69, 9.17) is 0 Å². The smallest absolute Gasteiger partial charge is 0.0349 e. The molecule has 0 aliphatic carbocycles. The first-order valence-corrected chi connectivity index (χ1v) is 3.36. The molecule has 1 N–H and O–H groups in total. The first kappa shape index (κ1) is 8.47. The first-order valence-electron chi connectivity index (χ1n) is 3.36. The van der Waals surface area contributed by atoms with Gasteiger partial charge in [-0.2, -0.15) is 5.10 Å². The van der Waals surface area contributed by atoms with Crippen molar-refractivity contribution in [3.05, 3.63) is 0 Å². The van der Waals surface area contributed by atoms with Crippen LogP contribution in [0.4, 0.5) is 0 Å². The van der Waals surface area contributed by atoms with Crippen molar-refractivity contribution in [2.75, 3.05) is 7.05 Å². The lowest BCUT2D eigenvalue weighted by Gasteiger charge is -2.01. The van der Waals surface area contributed by atoms with Gasteiger partial charge in [0.25, 0.3) is 0 Å². The summed E-state index contributed by atoms with van der Waals surface area (Å²) in [6.45, 7) is 6.42. The normalized spacial score (nSPS) is 12.3. The number of hydrogen-bond donors (Lipinski definition) is 1. The molecule has 0 unspecified atom stereocenters. The zero-order valence-corrected chi connectivity index (χ0v) is 6.73. The summed E-state index contributed by atoms with van der Waals surface area (Å²) in [5.41, 5.74) is 3.93. The van der Waals surface area contributed by atoms with Gasteiger partial charge < -0.3 is 5.43 Å². The van der Waals surface area contributed by atoms with E-state index in [2.05, 4.69) is 24.4 Å². The average molecular weight is 128 g/mol. The molecule has 0 aliphatic rings. The van der Waals surface area contributed by atoms with Crippen molar-refractivity contribution >= 4 is 5.71 Å². The number of hydrogen-bond acceptors (Lipinski definition) is 2. The Balaban J connectivity index is 3.49. The summed E-state index contributed by atoms with van der Waals surface area (Å²) in [5, 5.41) is 4.03. The summed E-state index contributed by atoms with van der Waals surface area (Å²) in [5.74, 6) is 0.710. The van der Waals surface area contributed by atoms with Crippen LogP contribution in [0.5, 0.6) is 0 Å². The van der Waals surface area contributed by atoms with Crippen molar-refractivity contribution < 1.29 is 0 Å². The Morgan fingerprint density at radius 2 is 2.11 bits per heavy atom. The molecule has 0 aliphatic heterocycles. The van der Waals surface area contributed by atoms with Crippen LogP contribution in [-0.2, 0) is 0 Å². The Morgan fingerprint density at radius 1 is 1.56 bits per heavy atom. The average Bonchev–Trinajstić information content (AvgIpc) is 1.63. The highest BCUT2D eigenvalue weighted by Gasteiger charge is 1.94. The van der Waals surface area contributed by atoms with Crippen molar-refractivity contribution in [1.29, 1.82) is 0 Å². The van der Waals surface area contributed by atoms with Crippen molar-refractivity contribution in [2.24, 2.45) is 11.0 Å². The van der Waals surface area contributed by atoms with Gasteiger partial charge in [0, 0.05) is 12.8 Å². The summed E-state index contributed by atoms with van der Waals surface area (Å²) in [7, 11) is 1.82. The minimum Gasteiger partial charge on any atom is -0.313 e. The fraction of sp³-hybridized carbons (Fsp3) is 0.857. The van der Waals surface area contributed by atoms with Crippen LogP contribution in [0.15, 0.2) is 5.10 Å². The van der Waals surface area contributed by atoms with Gasteiger partial charge in [-0.25, -0.2) is 0 Å². The molecule has 0 aromatic heterocycles. The Bertz CT molecular complexity index is 95.1. The van der Waals surface area contributed by atoms with E-state index in [0.29, 0.717) is 5.92 Å². The maximum Gasteiger partial charge on any atom is 0.0349 e. The van der Waals surface area contributed by atoms with E-state index >= 15 is 0 Å². The van der Waals surface area contributed by atoms with Crippen LogP contribution in [0, 0.1) is 5.92 Å². The molecular weight excluding hydrogens is 112 g/mol. The molecule has 54 valence electrons. The number of hydrazone groups is 1. The van der Waals surface area contributed by atoms with E-state index in [-0.39, 0.29) is 0 Å². The topological polar surface area (TPSA) is 24.4 Å². The fourth-order valence-electron chi connectivity index (χ4n) is 0.827. The Hall–Kier alpha value is -0.530. The minimum atomic E-state index is 0.710. The molecule has 9 heavy (non-hydrogen) atoms. The highest BCUT2D eigenvalue weighted by molar-refractivity contribution is 5.81. The van der Waals surface area contributed by atoms with Crippen LogP contribution in [-0.4, -0.2) is 12.8 Å². The molecule has 2 heteroatoms. The van der Waals surface area contributed by atoms with Gasteiger partial charge in [-0.05, 0) is 19.3 Å². The molecule has 0 aromatic rings. The lowest BCUT2D eigenvalue weighted by Crippen LogP contribution is -2.04. The molecule has 0 atom stereocenters. The van der Waals surface area contributed by atoms with Crippen molar-refractivity contribution in [1.82, 2.24) is 5.43 Å². The standard InChI is InChI=1S/C7H16N2/c1-6(2)5-7(3)9-8-4/h6,8H,5H2,1-4H3. The van der Waals surface area contributed by atoms with Crippen molar-refractivity contribution in [3.8, 4) is 0 Å². The third-order valence-electron chi connectivity index (χ3n) is 1.01. The molecule has 0 rings (SSSR count). The quantitative estimate of drug-likeness (QED) is 0.453. The van der Waals surface area contributed by atoms with Crippen LogP contribution in [0.25, 0.3) is 0 Å². The fourth-order valence-corrected chi connectivity index (χ4v) is 0.827. The summed E-state index contributed by atoms with van der Waals surface area (Å²) >= 11 is 0. The van der Waals surface area contributed by atoms with E-state index < -0.39 is 0 Å². The van der Waals surface area contributed by atoms with Gasteiger partial charge in [-0.1, -0.05) is 13.8 Å². The summed E-state index contributed by atoms with van der Waals surface area (Å²) in [6, 6.07) is 0. The summed E-state index contributed by atoms with van der Waals surface area (Å²) < 4.78 is 0. The van der Waals surface area contributed by atoms with Gasteiger partial charge >= 0.3 is 0 Å². The molecule has 0 radical (unpaired) electrons. The monoisotopic (exact) mass is 128 g/mol. The molecule has 2 nitrogen and oxygen atoms in total. The minimum absolute atomic E-state index is 0.710. The number of nitrogens with one attached hydrogen (secondary N) is 1. The Labute approximate surface area is 57.3 Å². The molecule has 0 heterocycles. The van der Waals surface area contributed by atoms with Crippen LogP contribution < -0.4 is 5.43 Å². The third kappa shape index (κ3) is 5.34. The molecule has 0 fully saturated rings. The van der Waals surface area contributed by atoms with Crippen LogP contribution in [0.2, 0.25) is 0 Å². The highest BCUT2D eigenvalue weighted by atomic mass is 15.3. The zero-order valence-electron chi connectivity index (χ0n) is 6.73. The van der Waals surface area contributed by atoms with E-state index in [0.717, 1.165) is 6.42 Å². The number of nitrogens with zero attached hydrogens (tertiary/aromatic N) is 1. The lowest BCUT2D eigenvalue weighted by atomic mass is 10.1. The molecule has 0 spiro atoms. The predicted octanol–water partition coefficient (Wildman–Crippen LogP) is 1.63. The maximum atomic E-state index is 4.03. The van der Waals surface area contributed by atoms with Gasteiger partial charge in [0.1, 0.15) is 0 Å². The zero-order chi connectivity index (χ0) is 7.28. The lowest BCUT2D eigenvalue weighted by molar-refractivity contribution is 0.677. The molecule has 0 bridgehead atoms. The van der Waals surface area contributed by atoms with Crippen molar-refractivity contribution in [2.45, 2.75) is 27.2 Å². The van der Waals surface area contributed by atoms with Gasteiger partial charge in [-0.15, -0.1) is 0 Å². The van der Waals surface area contributed by atoms with E-state index in [1.54, 1.807) is 0 Å². The van der Waals surface area contributed by atoms with Crippen molar-refractivity contribution in [3.63, 3.8) is 0 Å². The third-order valence-corrected chi connectivity index (χ3v) is 1.01. The van der Waals surface area contributed by atoms with Crippen LogP contribution >= 0.6 is 0 Å². The van der Waals surface area contributed by atoms with Gasteiger partial charge in [-0.3, -0.25) is 0 Å². The molecule has 0 saturated heterocycles. The second-order valence-corrected chi connectivity index (χ2v) is 2.67. The molecule has 0 saturated carbocycles. The van der Waals surface area contributed by atoms with Gasteiger partial charge in [0.2, 0.25) is 0 Å². The predicted molar refractivity (Wildman–Crippen MR) is 41.6 cm³/mol. The highest BCUT2D eigenvalue weighted by Crippen LogP contribution is 1.99. The van der Waals surface area contributed by atoms with E-state index in [1.165, 1.54) is 5.71 Å². The molecule has 0 aromatic carbocycles. The van der Waals surface area contributed by atoms with Crippen LogP contribution in [0.1, 0.15) is 27.2 Å².